The van der Waals surface area contributed by atoms with Crippen LogP contribution < -0.4 is 10.1 Å². The number of likely N-dealkylation sites (N-methyl/N-ethyl adjacent to an activating group) is 1. The summed E-state index contributed by atoms with van der Waals surface area (Å²) in [6, 6.07) is 2.05. The highest BCUT2D eigenvalue weighted by molar-refractivity contribution is 14.2. The summed E-state index contributed by atoms with van der Waals surface area (Å²) in [7, 11) is 1.90. The highest BCUT2D eigenvalue weighted by Crippen LogP contribution is 2.36. The van der Waals surface area contributed by atoms with Crippen LogP contribution in [0.5, 0.6) is 5.88 Å². The van der Waals surface area contributed by atoms with E-state index in [1.807, 2.05) is 31.5 Å². The number of halogens is 1. The van der Waals surface area contributed by atoms with E-state index in [2.05, 4.69) is 57.1 Å². The monoisotopic (exact) mass is 498 g/mol. The number of hydrogen-bond donors (Lipinski definition) is 1. The molecule has 7 nitrogen and oxygen atoms in total. The van der Waals surface area contributed by atoms with E-state index in [0.717, 1.165) is 52.5 Å². The van der Waals surface area contributed by atoms with Crippen molar-refractivity contribution < 1.29 is 4.74 Å². The Labute approximate surface area is 173 Å². The smallest absolute Gasteiger partial charge is 0.221 e. The van der Waals surface area contributed by atoms with Crippen LogP contribution in [-0.2, 0) is 7.05 Å². The van der Waals surface area contributed by atoms with Crippen LogP contribution in [0, 0.1) is 6.92 Å². The third kappa shape index (κ3) is 4.02. The van der Waals surface area contributed by atoms with E-state index >= 15 is 0 Å². The molecule has 0 aliphatic heterocycles. The van der Waals surface area contributed by atoms with Crippen LogP contribution in [0.1, 0.15) is 25.2 Å². The molecular formula is C18H24IN6OP. The number of ether oxygens (including phenoxy) is 1. The summed E-state index contributed by atoms with van der Waals surface area (Å²) in [4.78, 5) is 4.69. The summed E-state index contributed by atoms with van der Waals surface area (Å²) in [6.45, 7) is 11.7. The first kappa shape index (κ1) is 20.2. The lowest BCUT2D eigenvalue weighted by Crippen LogP contribution is -2.29. The second-order valence-corrected chi connectivity index (χ2v) is 8.34. The number of fused-ring (bicyclic) bond motifs is 1. The minimum Gasteiger partial charge on any atom is -0.473 e. The first-order valence-corrected chi connectivity index (χ1v) is 12.9. The van der Waals surface area contributed by atoms with Gasteiger partial charge < -0.3 is 10.1 Å². The van der Waals surface area contributed by atoms with Gasteiger partial charge in [0.25, 0.3) is 0 Å². The average molecular weight is 498 g/mol. The average Bonchev–Trinajstić information content (AvgIpc) is 3.15. The van der Waals surface area contributed by atoms with Crippen LogP contribution in [0.4, 0.5) is 0 Å². The SMILES string of the molecule is C=Cc1nn(PI)c2cnc(-c3c(C)nn(C)c3OC(C)CNCC)cc12. The van der Waals surface area contributed by atoms with Gasteiger partial charge in [-0.3, -0.25) is 4.98 Å². The molecule has 3 rings (SSSR count). The van der Waals surface area contributed by atoms with Crippen molar-refractivity contribution in [3.63, 3.8) is 0 Å². The van der Waals surface area contributed by atoms with E-state index in [4.69, 9.17) is 9.72 Å². The largest absolute Gasteiger partial charge is 0.473 e. The van der Waals surface area contributed by atoms with Gasteiger partial charge >= 0.3 is 0 Å². The molecule has 9 heteroatoms. The van der Waals surface area contributed by atoms with E-state index in [0.29, 0.717) is 6.37 Å². The highest BCUT2D eigenvalue weighted by Gasteiger charge is 2.21. The minimum atomic E-state index is 0.0222. The molecule has 2 atom stereocenters. The highest BCUT2D eigenvalue weighted by atomic mass is 127. The number of hydrogen-bond acceptors (Lipinski definition) is 5. The quantitative estimate of drug-likeness (QED) is 0.377. The molecule has 27 heavy (non-hydrogen) atoms. The fraction of sp³-hybridized carbons (Fsp3) is 0.389. The lowest BCUT2D eigenvalue weighted by molar-refractivity contribution is 0.201. The van der Waals surface area contributed by atoms with Gasteiger partial charge in [-0.15, -0.1) is 0 Å². The molecule has 0 amide bonds. The first-order chi connectivity index (χ1) is 13.0. The zero-order valence-electron chi connectivity index (χ0n) is 16.0. The van der Waals surface area contributed by atoms with Gasteiger partial charge in [0.1, 0.15) is 6.10 Å². The number of aromatic nitrogens is 5. The summed E-state index contributed by atoms with van der Waals surface area (Å²) in [5, 5.41) is 13.5. The first-order valence-electron chi connectivity index (χ1n) is 8.79. The molecule has 0 saturated carbocycles. The predicted molar refractivity (Wildman–Crippen MR) is 121 cm³/mol. The third-order valence-corrected chi connectivity index (χ3v) is 6.16. The lowest BCUT2D eigenvalue weighted by Gasteiger charge is -2.16. The van der Waals surface area contributed by atoms with E-state index in [1.54, 1.807) is 10.8 Å². The number of nitrogens with one attached hydrogen (secondary N) is 1. The van der Waals surface area contributed by atoms with Gasteiger partial charge in [0.2, 0.25) is 5.88 Å². The van der Waals surface area contributed by atoms with E-state index < -0.39 is 0 Å². The standard InChI is InChI=1S/C18H24IN6OP/c1-6-14-13-8-15(21-10-16(13)25(23-14)27-19)17-12(4)22-24(5)18(17)26-11(3)9-20-7-2/h6,8,10-11,20,27H,1,7,9H2,2-5H3. The molecule has 3 aromatic heterocycles. The molecule has 144 valence electrons. The van der Waals surface area contributed by atoms with Gasteiger partial charge in [-0.2, -0.15) is 10.2 Å². The Morgan fingerprint density at radius 2 is 2.22 bits per heavy atom. The molecule has 0 aliphatic rings. The second-order valence-electron chi connectivity index (χ2n) is 6.30. The van der Waals surface area contributed by atoms with Gasteiger partial charge in [-0.05, 0) is 54.6 Å². The molecule has 3 aromatic rings. The Bertz CT molecular complexity index is 967. The minimum absolute atomic E-state index is 0.0222. The van der Waals surface area contributed by atoms with Crippen LogP contribution in [0.25, 0.3) is 28.2 Å². The maximum atomic E-state index is 6.21. The van der Waals surface area contributed by atoms with Crippen molar-refractivity contribution in [1.29, 1.82) is 0 Å². The molecule has 0 bridgehead atoms. The van der Waals surface area contributed by atoms with Crippen molar-refractivity contribution in [1.82, 2.24) is 29.6 Å². The van der Waals surface area contributed by atoms with Crippen molar-refractivity contribution in [2.24, 2.45) is 7.05 Å². The maximum Gasteiger partial charge on any atom is 0.221 e. The summed E-state index contributed by atoms with van der Waals surface area (Å²) in [5.74, 6) is 0.730. The molecule has 0 saturated heterocycles. The zero-order chi connectivity index (χ0) is 19.6. The van der Waals surface area contributed by atoms with Crippen molar-refractivity contribution in [3.05, 3.63) is 30.2 Å². The van der Waals surface area contributed by atoms with E-state index in [-0.39, 0.29) is 6.10 Å². The van der Waals surface area contributed by atoms with Crippen LogP contribution in [0.2, 0.25) is 0 Å². The van der Waals surface area contributed by atoms with Crippen LogP contribution in [0.15, 0.2) is 18.8 Å². The Kier molecular flexibility index (Phi) is 6.49. The molecule has 0 radical (unpaired) electrons. The van der Waals surface area contributed by atoms with Gasteiger partial charge in [-0.1, -0.05) is 13.5 Å². The van der Waals surface area contributed by atoms with Crippen molar-refractivity contribution >= 4 is 45.4 Å². The number of rotatable bonds is 8. The van der Waals surface area contributed by atoms with Gasteiger partial charge in [0.05, 0.1) is 40.7 Å². The van der Waals surface area contributed by atoms with Gasteiger partial charge in [-0.25, -0.2) is 9.13 Å². The van der Waals surface area contributed by atoms with Crippen LogP contribution in [0.3, 0.4) is 0 Å². The Morgan fingerprint density at radius 1 is 1.44 bits per heavy atom. The fourth-order valence-corrected chi connectivity index (χ4v) is 4.55. The molecule has 0 spiro atoms. The van der Waals surface area contributed by atoms with E-state index in [9.17, 15) is 0 Å². The Hall–Kier alpha value is -1.51. The van der Waals surface area contributed by atoms with Gasteiger partial charge in [0.15, 0.2) is 0 Å². The third-order valence-electron chi connectivity index (χ3n) is 4.29. The van der Waals surface area contributed by atoms with Crippen LogP contribution >= 0.6 is 28.4 Å². The summed E-state index contributed by atoms with van der Waals surface area (Å²) >= 11 is 2.32. The molecule has 1 N–H and O–H groups in total. The molecule has 0 aromatic carbocycles. The summed E-state index contributed by atoms with van der Waals surface area (Å²) < 4.78 is 9.94. The van der Waals surface area contributed by atoms with Crippen molar-refractivity contribution in [3.8, 4) is 17.1 Å². The molecule has 3 heterocycles. The van der Waals surface area contributed by atoms with Crippen molar-refractivity contribution in [2.45, 2.75) is 26.9 Å². The summed E-state index contributed by atoms with van der Waals surface area (Å²) in [5.41, 5.74) is 4.51. The molecular weight excluding hydrogens is 474 g/mol. The normalized spacial score (nSPS) is 12.9. The number of pyridine rings is 1. The van der Waals surface area contributed by atoms with Crippen LogP contribution in [-0.4, -0.2) is 43.5 Å². The predicted octanol–water partition coefficient (Wildman–Crippen LogP) is 3.95. The van der Waals surface area contributed by atoms with Crippen molar-refractivity contribution in [2.75, 3.05) is 13.1 Å². The Balaban J connectivity index is 2.07. The lowest BCUT2D eigenvalue weighted by atomic mass is 10.1. The number of aryl methyl sites for hydroxylation is 2. The zero-order valence-corrected chi connectivity index (χ0v) is 19.1. The molecule has 2 unspecified atom stereocenters. The fourth-order valence-electron chi connectivity index (χ4n) is 3.04. The molecule has 0 aliphatic carbocycles. The topological polar surface area (TPSA) is 69.8 Å². The van der Waals surface area contributed by atoms with E-state index in [1.165, 1.54) is 0 Å². The second kappa shape index (κ2) is 8.67. The Morgan fingerprint density at radius 3 is 2.89 bits per heavy atom. The molecule has 0 fully saturated rings. The summed E-state index contributed by atoms with van der Waals surface area (Å²) in [6.07, 6.45) is 4.18. The number of nitrogens with zero attached hydrogens (tertiary/aromatic N) is 5. The van der Waals surface area contributed by atoms with Gasteiger partial charge in [0, 0.05) is 19.0 Å². The maximum absolute atomic E-state index is 6.21.